The second kappa shape index (κ2) is 7.40. The molecular formula is C17H18N2O4. The second-order valence-electron chi connectivity index (χ2n) is 5.25. The van der Waals surface area contributed by atoms with Gasteiger partial charge in [0.25, 0.3) is 5.91 Å². The van der Waals surface area contributed by atoms with Gasteiger partial charge in [-0.05, 0) is 24.1 Å². The van der Waals surface area contributed by atoms with Crippen molar-refractivity contribution in [3.8, 4) is 5.75 Å². The van der Waals surface area contributed by atoms with Crippen molar-refractivity contribution in [1.82, 2.24) is 4.90 Å². The van der Waals surface area contributed by atoms with Crippen LogP contribution in [0.15, 0.2) is 48.5 Å². The fourth-order valence-corrected chi connectivity index (χ4v) is 2.09. The maximum Gasteiger partial charge on any atom is 0.311 e. The van der Waals surface area contributed by atoms with E-state index in [1.807, 2.05) is 30.3 Å². The van der Waals surface area contributed by atoms with Crippen LogP contribution >= 0.6 is 0 Å². The topological polar surface area (TPSA) is 72.7 Å². The molecule has 0 fully saturated rings. The number of benzene rings is 2. The van der Waals surface area contributed by atoms with Gasteiger partial charge >= 0.3 is 5.69 Å². The summed E-state index contributed by atoms with van der Waals surface area (Å²) in [6.45, 7) is 1.97. The Bertz CT molecular complexity index is 701. The zero-order valence-electron chi connectivity index (χ0n) is 13.1. The van der Waals surface area contributed by atoms with Crippen LogP contribution in [0.1, 0.15) is 11.1 Å². The lowest BCUT2D eigenvalue weighted by Gasteiger charge is -2.17. The Hall–Kier alpha value is -2.89. The summed E-state index contributed by atoms with van der Waals surface area (Å²) in [4.78, 5) is 24.1. The summed E-state index contributed by atoms with van der Waals surface area (Å²) in [5, 5.41) is 11.0. The van der Waals surface area contributed by atoms with Crippen LogP contribution in [-0.2, 0) is 11.3 Å². The first-order valence-electron chi connectivity index (χ1n) is 7.13. The number of nitro groups is 1. The lowest BCUT2D eigenvalue weighted by atomic mass is 10.2. The van der Waals surface area contributed by atoms with Crippen LogP contribution in [-0.4, -0.2) is 29.4 Å². The third-order valence-corrected chi connectivity index (χ3v) is 3.35. The van der Waals surface area contributed by atoms with Crippen LogP contribution in [0.3, 0.4) is 0 Å². The van der Waals surface area contributed by atoms with Gasteiger partial charge in [0.15, 0.2) is 12.4 Å². The van der Waals surface area contributed by atoms with Crippen LogP contribution in [0, 0.1) is 17.0 Å². The summed E-state index contributed by atoms with van der Waals surface area (Å²) in [7, 11) is 1.67. The number of hydrogen-bond donors (Lipinski definition) is 0. The van der Waals surface area contributed by atoms with Gasteiger partial charge in [0.1, 0.15) is 0 Å². The van der Waals surface area contributed by atoms with E-state index in [4.69, 9.17) is 4.74 Å². The largest absolute Gasteiger partial charge is 0.477 e. The van der Waals surface area contributed by atoms with E-state index in [1.165, 1.54) is 17.0 Å². The van der Waals surface area contributed by atoms with E-state index >= 15 is 0 Å². The molecule has 0 aliphatic heterocycles. The molecule has 0 unspecified atom stereocenters. The molecule has 0 aromatic heterocycles. The van der Waals surface area contributed by atoms with Gasteiger partial charge < -0.3 is 9.64 Å². The van der Waals surface area contributed by atoms with Crippen LogP contribution in [0.4, 0.5) is 5.69 Å². The van der Waals surface area contributed by atoms with E-state index in [0.29, 0.717) is 6.54 Å². The molecule has 120 valence electrons. The maximum atomic E-state index is 12.1. The van der Waals surface area contributed by atoms with Crippen molar-refractivity contribution in [3.05, 3.63) is 69.8 Å². The van der Waals surface area contributed by atoms with Crippen molar-refractivity contribution in [2.45, 2.75) is 13.5 Å². The zero-order valence-corrected chi connectivity index (χ0v) is 13.1. The molecule has 0 saturated carbocycles. The van der Waals surface area contributed by atoms with Crippen molar-refractivity contribution in [1.29, 1.82) is 0 Å². The van der Waals surface area contributed by atoms with E-state index < -0.39 is 4.92 Å². The molecular weight excluding hydrogens is 296 g/mol. The van der Waals surface area contributed by atoms with Gasteiger partial charge in [0.05, 0.1) is 4.92 Å². The Balaban J connectivity index is 1.98. The summed E-state index contributed by atoms with van der Waals surface area (Å²) in [6, 6.07) is 14.2. The van der Waals surface area contributed by atoms with Crippen LogP contribution in [0.2, 0.25) is 0 Å². The minimum Gasteiger partial charge on any atom is -0.477 e. The van der Waals surface area contributed by atoms with E-state index in [1.54, 1.807) is 20.0 Å². The molecule has 0 heterocycles. The summed E-state index contributed by atoms with van der Waals surface area (Å²) < 4.78 is 5.34. The molecule has 1 amide bonds. The number of nitrogens with zero attached hydrogens (tertiary/aromatic N) is 2. The lowest BCUT2D eigenvalue weighted by Crippen LogP contribution is -2.31. The normalized spacial score (nSPS) is 10.2. The van der Waals surface area contributed by atoms with Crippen LogP contribution < -0.4 is 4.74 Å². The molecule has 0 radical (unpaired) electrons. The van der Waals surface area contributed by atoms with E-state index in [-0.39, 0.29) is 24.0 Å². The highest BCUT2D eigenvalue weighted by molar-refractivity contribution is 5.77. The van der Waals surface area contributed by atoms with Crippen molar-refractivity contribution in [3.63, 3.8) is 0 Å². The molecule has 0 atom stereocenters. The molecule has 0 N–H and O–H groups in total. The van der Waals surface area contributed by atoms with E-state index in [0.717, 1.165) is 11.1 Å². The number of hydrogen-bond acceptors (Lipinski definition) is 4. The van der Waals surface area contributed by atoms with Gasteiger partial charge in [-0.3, -0.25) is 14.9 Å². The molecule has 2 rings (SSSR count). The lowest BCUT2D eigenvalue weighted by molar-refractivity contribution is -0.385. The van der Waals surface area contributed by atoms with Gasteiger partial charge in [0, 0.05) is 19.7 Å². The Morgan fingerprint density at radius 3 is 2.57 bits per heavy atom. The molecule has 2 aromatic carbocycles. The fraction of sp³-hybridized carbons (Fsp3) is 0.235. The fourth-order valence-electron chi connectivity index (χ4n) is 2.09. The summed E-state index contributed by atoms with van der Waals surface area (Å²) in [5.74, 6) is -0.147. The summed E-state index contributed by atoms with van der Waals surface area (Å²) in [6.07, 6.45) is 0. The van der Waals surface area contributed by atoms with Gasteiger partial charge in [-0.1, -0.05) is 36.4 Å². The van der Waals surface area contributed by atoms with Gasteiger partial charge in [0.2, 0.25) is 0 Å². The number of ether oxygens (including phenoxy) is 1. The second-order valence-corrected chi connectivity index (χ2v) is 5.25. The monoisotopic (exact) mass is 314 g/mol. The number of carbonyl (C=O) groups is 1. The third-order valence-electron chi connectivity index (χ3n) is 3.35. The Kier molecular flexibility index (Phi) is 5.30. The molecule has 6 heteroatoms. The Morgan fingerprint density at radius 1 is 1.22 bits per heavy atom. The SMILES string of the molecule is Cc1ccc(OCC(=O)N(C)Cc2ccccc2)c([N+](=O)[O-])c1. The number of likely N-dealkylation sites (N-methyl/N-ethyl adjacent to an activating group) is 1. The highest BCUT2D eigenvalue weighted by Gasteiger charge is 2.17. The zero-order chi connectivity index (χ0) is 16.8. The first kappa shape index (κ1) is 16.5. The standard InChI is InChI=1S/C17H18N2O4/c1-13-8-9-16(15(10-13)19(21)22)23-12-17(20)18(2)11-14-6-4-3-5-7-14/h3-10H,11-12H2,1-2H3. The predicted octanol–water partition coefficient (Wildman–Crippen LogP) is 2.94. The highest BCUT2D eigenvalue weighted by atomic mass is 16.6. The van der Waals surface area contributed by atoms with Gasteiger partial charge in [-0.2, -0.15) is 0 Å². The average Bonchev–Trinajstić information content (AvgIpc) is 2.54. The molecule has 0 aliphatic carbocycles. The first-order valence-corrected chi connectivity index (χ1v) is 7.13. The predicted molar refractivity (Wildman–Crippen MR) is 86.2 cm³/mol. The number of rotatable bonds is 6. The van der Waals surface area contributed by atoms with Gasteiger partial charge in [-0.25, -0.2) is 0 Å². The number of carbonyl (C=O) groups excluding carboxylic acids is 1. The van der Waals surface area contributed by atoms with Crippen molar-refractivity contribution >= 4 is 11.6 Å². The summed E-state index contributed by atoms with van der Waals surface area (Å²) >= 11 is 0. The average molecular weight is 314 g/mol. The van der Waals surface area contributed by atoms with Crippen molar-refractivity contribution in [2.24, 2.45) is 0 Å². The van der Waals surface area contributed by atoms with Crippen molar-refractivity contribution in [2.75, 3.05) is 13.7 Å². The van der Waals surface area contributed by atoms with Crippen molar-refractivity contribution < 1.29 is 14.5 Å². The molecule has 0 spiro atoms. The molecule has 0 saturated heterocycles. The molecule has 23 heavy (non-hydrogen) atoms. The molecule has 0 bridgehead atoms. The first-order chi connectivity index (χ1) is 11.0. The van der Waals surface area contributed by atoms with Gasteiger partial charge in [-0.15, -0.1) is 0 Å². The van der Waals surface area contributed by atoms with Crippen LogP contribution in [0.5, 0.6) is 5.75 Å². The minimum atomic E-state index is -0.513. The molecule has 2 aromatic rings. The van der Waals surface area contributed by atoms with Crippen LogP contribution in [0.25, 0.3) is 0 Å². The quantitative estimate of drug-likeness (QED) is 0.607. The smallest absolute Gasteiger partial charge is 0.311 e. The van der Waals surface area contributed by atoms with E-state index in [2.05, 4.69) is 0 Å². The Labute approximate surface area is 134 Å². The molecule has 0 aliphatic rings. The third kappa shape index (κ3) is 4.54. The maximum absolute atomic E-state index is 12.1. The number of amides is 1. The highest BCUT2D eigenvalue weighted by Crippen LogP contribution is 2.27. The summed E-state index contributed by atoms with van der Waals surface area (Å²) in [5.41, 5.74) is 1.63. The molecule has 6 nitrogen and oxygen atoms in total. The Morgan fingerprint density at radius 2 is 1.91 bits per heavy atom. The number of aryl methyl sites for hydroxylation is 1. The van der Waals surface area contributed by atoms with E-state index in [9.17, 15) is 14.9 Å². The minimum absolute atomic E-state index is 0.0991. The number of nitro benzene ring substituents is 1.